The number of methoxy groups -OCH3 is 2. The highest BCUT2D eigenvalue weighted by molar-refractivity contribution is 6.10. The first kappa shape index (κ1) is 13.7. The summed E-state index contributed by atoms with van der Waals surface area (Å²) in [6, 6.07) is 5.32. The van der Waals surface area contributed by atoms with Gasteiger partial charge < -0.3 is 9.47 Å². The fourth-order valence-electron chi connectivity index (χ4n) is 2.33. The van der Waals surface area contributed by atoms with Gasteiger partial charge in [0.25, 0.3) is 0 Å². The number of benzene rings is 1. The molecule has 0 saturated carbocycles. The minimum Gasteiger partial charge on any atom is -0.497 e. The number of Topliss-reactive ketones (excluding diaryl/α,β-unsaturated/α-hetero) is 1. The van der Waals surface area contributed by atoms with Gasteiger partial charge in [-0.2, -0.15) is 0 Å². The molecular formula is C16H20O3. The first-order chi connectivity index (χ1) is 9.15. The van der Waals surface area contributed by atoms with Crippen LogP contribution in [0.3, 0.4) is 0 Å². The van der Waals surface area contributed by atoms with E-state index in [1.807, 2.05) is 0 Å². The van der Waals surface area contributed by atoms with Crippen molar-refractivity contribution < 1.29 is 14.3 Å². The van der Waals surface area contributed by atoms with Crippen LogP contribution in [0.4, 0.5) is 0 Å². The molecule has 1 atom stereocenters. The molecule has 1 aliphatic carbocycles. The molecule has 0 radical (unpaired) electrons. The molecular weight excluding hydrogens is 240 g/mol. The fraction of sp³-hybridized carbons (Fsp3) is 0.438. The van der Waals surface area contributed by atoms with Crippen LogP contribution in [0.2, 0.25) is 0 Å². The van der Waals surface area contributed by atoms with Crippen LogP contribution in [0.5, 0.6) is 11.5 Å². The number of rotatable bonds is 4. The highest BCUT2D eigenvalue weighted by atomic mass is 16.5. The second-order valence-electron chi connectivity index (χ2n) is 5.00. The van der Waals surface area contributed by atoms with E-state index in [4.69, 9.17) is 9.47 Å². The third-order valence-corrected chi connectivity index (χ3v) is 3.62. The molecule has 0 heterocycles. The Hall–Kier alpha value is -1.77. The summed E-state index contributed by atoms with van der Waals surface area (Å²) >= 11 is 0. The van der Waals surface area contributed by atoms with Crippen molar-refractivity contribution in [2.45, 2.75) is 26.2 Å². The SMILES string of the molecule is COc1ccc(C(=O)C2=CCC(C)CC2)c(OC)c1. The Kier molecular flexibility index (Phi) is 4.25. The first-order valence-electron chi connectivity index (χ1n) is 6.61. The van der Waals surface area contributed by atoms with Gasteiger partial charge in [0.05, 0.1) is 19.8 Å². The third-order valence-electron chi connectivity index (χ3n) is 3.62. The molecule has 0 aliphatic heterocycles. The lowest BCUT2D eigenvalue weighted by molar-refractivity contribution is 0.102. The summed E-state index contributed by atoms with van der Waals surface area (Å²) in [7, 11) is 3.17. The van der Waals surface area contributed by atoms with Crippen molar-refractivity contribution in [3.05, 3.63) is 35.4 Å². The number of hydrogen-bond donors (Lipinski definition) is 0. The number of allylic oxidation sites excluding steroid dienone is 2. The smallest absolute Gasteiger partial charge is 0.192 e. The maximum absolute atomic E-state index is 12.5. The molecule has 1 aliphatic rings. The second kappa shape index (κ2) is 5.91. The van der Waals surface area contributed by atoms with Crippen LogP contribution in [0.25, 0.3) is 0 Å². The van der Waals surface area contributed by atoms with Crippen molar-refractivity contribution in [3.63, 3.8) is 0 Å². The minimum absolute atomic E-state index is 0.0754. The summed E-state index contributed by atoms with van der Waals surface area (Å²) in [5.41, 5.74) is 1.52. The van der Waals surface area contributed by atoms with Gasteiger partial charge in [-0.1, -0.05) is 13.0 Å². The van der Waals surface area contributed by atoms with E-state index in [0.29, 0.717) is 23.0 Å². The predicted molar refractivity (Wildman–Crippen MR) is 75.0 cm³/mol. The van der Waals surface area contributed by atoms with E-state index >= 15 is 0 Å². The molecule has 102 valence electrons. The van der Waals surface area contributed by atoms with Crippen LogP contribution in [-0.2, 0) is 0 Å². The zero-order valence-corrected chi connectivity index (χ0v) is 11.7. The van der Waals surface area contributed by atoms with E-state index in [2.05, 4.69) is 13.0 Å². The van der Waals surface area contributed by atoms with E-state index < -0.39 is 0 Å². The number of carbonyl (C=O) groups excluding carboxylic acids is 1. The number of ketones is 1. The lowest BCUT2D eigenvalue weighted by Crippen LogP contribution is -2.11. The van der Waals surface area contributed by atoms with E-state index in [-0.39, 0.29) is 5.78 Å². The Bertz CT molecular complexity index is 503. The summed E-state index contributed by atoms with van der Waals surface area (Å²) in [6.07, 6.45) is 4.99. The molecule has 1 aromatic carbocycles. The predicted octanol–water partition coefficient (Wildman–Crippen LogP) is 3.63. The van der Waals surface area contributed by atoms with Crippen molar-refractivity contribution in [2.24, 2.45) is 5.92 Å². The molecule has 0 spiro atoms. The standard InChI is InChI=1S/C16H20O3/c1-11-4-6-12(7-5-11)16(17)14-9-8-13(18-2)10-15(14)19-3/h6,8-11H,4-5,7H2,1-3H3. The fourth-order valence-corrected chi connectivity index (χ4v) is 2.33. The highest BCUT2D eigenvalue weighted by Crippen LogP contribution is 2.30. The Labute approximate surface area is 114 Å². The molecule has 2 rings (SSSR count). The lowest BCUT2D eigenvalue weighted by atomic mass is 9.87. The minimum atomic E-state index is 0.0754. The summed E-state index contributed by atoms with van der Waals surface area (Å²) in [4.78, 5) is 12.5. The molecule has 0 saturated heterocycles. The van der Waals surface area contributed by atoms with E-state index in [1.54, 1.807) is 32.4 Å². The van der Waals surface area contributed by atoms with Crippen LogP contribution in [0.1, 0.15) is 36.5 Å². The topological polar surface area (TPSA) is 35.5 Å². The maximum Gasteiger partial charge on any atom is 0.192 e. The second-order valence-corrected chi connectivity index (χ2v) is 5.00. The molecule has 0 N–H and O–H groups in total. The van der Waals surface area contributed by atoms with Crippen molar-refractivity contribution in [2.75, 3.05) is 14.2 Å². The van der Waals surface area contributed by atoms with Gasteiger partial charge in [0.15, 0.2) is 5.78 Å². The first-order valence-corrected chi connectivity index (χ1v) is 6.61. The Balaban J connectivity index is 2.28. The van der Waals surface area contributed by atoms with E-state index in [0.717, 1.165) is 24.8 Å². The molecule has 0 fully saturated rings. The molecule has 1 aromatic rings. The van der Waals surface area contributed by atoms with Crippen LogP contribution in [0, 0.1) is 5.92 Å². The number of hydrogen-bond acceptors (Lipinski definition) is 3. The van der Waals surface area contributed by atoms with Crippen molar-refractivity contribution in [1.29, 1.82) is 0 Å². The van der Waals surface area contributed by atoms with Crippen LogP contribution >= 0.6 is 0 Å². The van der Waals surface area contributed by atoms with Crippen LogP contribution in [-0.4, -0.2) is 20.0 Å². The van der Waals surface area contributed by atoms with Gasteiger partial charge in [0.2, 0.25) is 0 Å². The molecule has 19 heavy (non-hydrogen) atoms. The normalized spacial score (nSPS) is 18.7. The molecule has 0 aromatic heterocycles. The van der Waals surface area contributed by atoms with E-state index in [9.17, 15) is 4.79 Å². The zero-order chi connectivity index (χ0) is 13.8. The van der Waals surface area contributed by atoms with Gasteiger partial charge >= 0.3 is 0 Å². The zero-order valence-electron chi connectivity index (χ0n) is 11.7. The monoisotopic (exact) mass is 260 g/mol. The van der Waals surface area contributed by atoms with Gasteiger partial charge in [-0.15, -0.1) is 0 Å². The van der Waals surface area contributed by atoms with Gasteiger partial charge in [-0.3, -0.25) is 4.79 Å². The number of ether oxygens (including phenoxy) is 2. The summed E-state index contributed by atoms with van der Waals surface area (Å²) in [6.45, 7) is 2.21. The summed E-state index contributed by atoms with van der Waals surface area (Å²) in [5.74, 6) is 2.02. The molecule has 0 amide bonds. The van der Waals surface area contributed by atoms with Crippen LogP contribution in [0.15, 0.2) is 29.8 Å². The summed E-state index contributed by atoms with van der Waals surface area (Å²) < 4.78 is 10.4. The van der Waals surface area contributed by atoms with Crippen molar-refractivity contribution in [3.8, 4) is 11.5 Å². The Morgan fingerprint density at radius 1 is 1.26 bits per heavy atom. The Morgan fingerprint density at radius 2 is 2.05 bits per heavy atom. The third kappa shape index (κ3) is 2.98. The largest absolute Gasteiger partial charge is 0.497 e. The van der Waals surface area contributed by atoms with Gasteiger partial charge in [0.1, 0.15) is 11.5 Å². The molecule has 1 unspecified atom stereocenters. The van der Waals surface area contributed by atoms with Crippen molar-refractivity contribution >= 4 is 5.78 Å². The highest BCUT2D eigenvalue weighted by Gasteiger charge is 2.20. The lowest BCUT2D eigenvalue weighted by Gasteiger charge is -2.18. The molecule has 3 heteroatoms. The quantitative estimate of drug-likeness (QED) is 0.775. The average molecular weight is 260 g/mol. The van der Waals surface area contributed by atoms with Gasteiger partial charge in [-0.05, 0) is 42.9 Å². The number of carbonyl (C=O) groups is 1. The van der Waals surface area contributed by atoms with Gasteiger partial charge in [-0.25, -0.2) is 0 Å². The summed E-state index contributed by atoms with van der Waals surface area (Å²) in [5, 5.41) is 0. The molecule has 0 bridgehead atoms. The van der Waals surface area contributed by atoms with Crippen LogP contribution < -0.4 is 9.47 Å². The van der Waals surface area contributed by atoms with Gasteiger partial charge in [0, 0.05) is 6.07 Å². The Morgan fingerprint density at radius 3 is 2.63 bits per heavy atom. The molecule has 3 nitrogen and oxygen atoms in total. The maximum atomic E-state index is 12.5. The van der Waals surface area contributed by atoms with Crippen molar-refractivity contribution in [1.82, 2.24) is 0 Å². The van der Waals surface area contributed by atoms with E-state index in [1.165, 1.54) is 0 Å². The average Bonchev–Trinajstić information content (AvgIpc) is 2.46.